The minimum Gasteiger partial charge on any atom is -0.379 e. The van der Waals surface area contributed by atoms with E-state index in [2.05, 4.69) is 27.0 Å². The highest BCUT2D eigenvalue weighted by Crippen LogP contribution is 2.33. The number of nitrogens with zero attached hydrogens (tertiary/aromatic N) is 5. The van der Waals surface area contributed by atoms with Crippen molar-refractivity contribution in [3.8, 4) is 11.3 Å². The van der Waals surface area contributed by atoms with Gasteiger partial charge < -0.3 is 9.64 Å². The molecule has 0 aliphatic carbocycles. The van der Waals surface area contributed by atoms with Gasteiger partial charge in [0.05, 0.1) is 31.1 Å². The van der Waals surface area contributed by atoms with Crippen molar-refractivity contribution in [2.75, 3.05) is 39.4 Å². The molecule has 1 N–H and O–H groups in total. The average Bonchev–Trinajstić information content (AvgIpc) is 3.29. The van der Waals surface area contributed by atoms with Crippen molar-refractivity contribution in [3.63, 3.8) is 0 Å². The second-order valence-electron chi connectivity index (χ2n) is 8.23. The first-order valence-electron chi connectivity index (χ1n) is 11.1. The smallest absolute Gasteiger partial charge is 0.239 e. The van der Waals surface area contributed by atoms with Gasteiger partial charge in [0.15, 0.2) is 0 Å². The van der Waals surface area contributed by atoms with Crippen molar-refractivity contribution in [2.45, 2.75) is 51.5 Å². The third-order valence-electron chi connectivity index (χ3n) is 6.29. The Morgan fingerprint density at radius 1 is 1.27 bits per heavy atom. The summed E-state index contributed by atoms with van der Waals surface area (Å²) in [6.45, 7) is 8.81. The van der Waals surface area contributed by atoms with Crippen LogP contribution in [0.4, 0.5) is 0 Å². The van der Waals surface area contributed by atoms with Crippen LogP contribution in [0.15, 0.2) is 18.5 Å². The molecular formula is C22H32N6O2. The molecule has 1 atom stereocenters. The number of aryl methyl sites for hydroxylation is 1. The minimum absolute atomic E-state index is 0.0776. The van der Waals surface area contributed by atoms with Crippen LogP contribution in [-0.2, 0) is 16.0 Å². The molecule has 2 fully saturated rings. The van der Waals surface area contributed by atoms with E-state index in [1.807, 2.05) is 30.3 Å². The van der Waals surface area contributed by atoms with Gasteiger partial charge in [-0.25, -0.2) is 9.97 Å². The average molecular weight is 413 g/mol. The van der Waals surface area contributed by atoms with Gasteiger partial charge >= 0.3 is 0 Å². The van der Waals surface area contributed by atoms with E-state index in [0.29, 0.717) is 19.1 Å². The van der Waals surface area contributed by atoms with Gasteiger partial charge in [-0.2, -0.15) is 5.10 Å². The predicted molar refractivity (Wildman–Crippen MR) is 114 cm³/mol. The normalized spacial score (nSPS) is 19.7. The third-order valence-corrected chi connectivity index (χ3v) is 6.29. The third kappa shape index (κ3) is 4.54. The summed E-state index contributed by atoms with van der Waals surface area (Å²) >= 11 is 0. The number of hydrogen-bond acceptors (Lipinski definition) is 6. The molecule has 1 amide bonds. The van der Waals surface area contributed by atoms with Crippen LogP contribution in [0.5, 0.6) is 0 Å². The van der Waals surface area contributed by atoms with Gasteiger partial charge in [-0.1, -0.05) is 6.92 Å². The maximum Gasteiger partial charge on any atom is 0.239 e. The van der Waals surface area contributed by atoms with Crippen molar-refractivity contribution in [1.29, 1.82) is 0 Å². The van der Waals surface area contributed by atoms with Gasteiger partial charge in [0.25, 0.3) is 0 Å². The van der Waals surface area contributed by atoms with Crippen LogP contribution in [0.25, 0.3) is 11.3 Å². The van der Waals surface area contributed by atoms with Crippen LogP contribution in [-0.4, -0.2) is 81.3 Å². The summed E-state index contributed by atoms with van der Waals surface area (Å²) in [5.74, 6) is 1.47. The fraction of sp³-hybridized carbons (Fsp3) is 0.636. The SMILES string of the molecule is CCCc1nccc(-c2cn[nH]c2C2CCN(C(=O)[C@@H](C)N3CCOCC3)CC2)n1. The number of morpholine rings is 1. The van der Waals surface area contributed by atoms with Crippen LogP contribution in [0.1, 0.15) is 50.5 Å². The van der Waals surface area contributed by atoms with Crippen LogP contribution >= 0.6 is 0 Å². The molecule has 2 aromatic rings. The maximum absolute atomic E-state index is 13.0. The lowest BCUT2D eigenvalue weighted by Crippen LogP contribution is -2.52. The van der Waals surface area contributed by atoms with E-state index < -0.39 is 0 Å². The number of aromatic nitrogens is 4. The Morgan fingerprint density at radius 2 is 2.03 bits per heavy atom. The van der Waals surface area contributed by atoms with Crippen molar-refractivity contribution >= 4 is 5.91 Å². The number of piperidine rings is 1. The number of ether oxygens (including phenoxy) is 1. The molecule has 8 nitrogen and oxygen atoms in total. The molecule has 0 bridgehead atoms. The number of amides is 1. The highest BCUT2D eigenvalue weighted by atomic mass is 16.5. The van der Waals surface area contributed by atoms with Crippen molar-refractivity contribution in [1.82, 2.24) is 30.0 Å². The highest BCUT2D eigenvalue weighted by molar-refractivity contribution is 5.81. The van der Waals surface area contributed by atoms with Gasteiger partial charge in [0.2, 0.25) is 5.91 Å². The lowest BCUT2D eigenvalue weighted by molar-refractivity contribution is -0.139. The fourth-order valence-electron chi connectivity index (χ4n) is 4.48. The van der Waals surface area contributed by atoms with E-state index in [-0.39, 0.29) is 11.9 Å². The van der Waals surface area contributed by atoms with E-state index in [0.717, 1.165) is 74.6 Å². The first-order valence-corrected chi connectivity index (χ1v) is 11.1. The Balaban J connectivity index is 1.40. The molecule has 0 aromatic carbocycles. The summed E-state index contributed by atoms with van der Waals surface area (Å²) in [4.78, 5) is 26.3. The second-order valence-corrected chi connectivity index (χ2v) is 8.23. The quantitative estimate of drug-likeness (QED) is 0.783. The number of H-pyrrole nitrogens is 1. The number of carbonyl (C=O) groups is 1. The van der Waals surface area contributed by atoms with E-state index in [9.17, 15) is 4.79 Å². The summed E-state index contributed by atoms with van der Waals surface area (Å²) in [7, 11) is 0. The monoisotopic (exact) mass is 412 g/mol. The highest BCUT2D eigenvalue weighted by Gasteiger charge is 2.31. The van der Waals surface area contributed by atoms with Crippen LogP contribution in [0, 0.1) is 0 Å². The molecule has 0 radical (unpaired) electrons. The Kier molecular flexibility index (Phi) is 6.74. The lowest BCUT2D eigenvalue weighted by Gasteiger charge is -2.37. The van der Waals surface area contributed by atoms with Gasteiger partial charge in [0.1, 0.15) is 5.82 Å². The molecule has 0 saturated carbocycles. The first-order chi connectivity index (χ1) is 14.7. The molecule has 0 spiro atoms. The maximum atomic E-state index is 13.0. The number of aromatic amines is 1. The Hall–Kier alpha value is -2.32. The molecule has 2 aliphatic heterocycles. The van der Waals surface area contributed by atoms with E-state index in [1.54, 1.807) is 0 Å². The summed E-state index contributed by atoms with van der Waals surface area (Å²) < 4.78 is 5.41. The molecule has 8 heteroatoms. The summed E-state index contributed by atoms with van der Waals surface area (Å²) in [5.41, 5.74) is 3.11. The topological polar surface area (TPSA) is 87.2 Å². The molecule has 30 heavy (non-hydrogen) atoms. The standard InChI is InChI=1S/C22H32N6O2/c1-3-4-20-23-8-5-19(25-20)18-15-24-26-21(18)17-6-9-28(10-7-17)22(29)16(2)27-11-13-30-14-12-27/h5,8,15-17H,3-4,6-7,9-14H2,1-2H3,(H,24,26)/t16-/m1/s1. The molecule has 162 valence electrons. The predicted octanol–water partition coefficient (Wildman–Crippen LogP) is 2.25. The van der Waals surface area contributed by atoms with Gasteiger partial charge in [-0.15, -0.1) is 0 Å². The Bertz CT molecular complexity index is 840. The molecule has 4 rings (SSSR count). The zero-order chi connectivity index (χ0) is 20.9. The van der Waals surface area contributed by atoms with Crippen LogP contribution < -0.4 is 0 Å². The van der Waals surface area contributed by atoms with Crippen molar-refractivity contribution in [3.05, 3.63) is 30.0 Å². The number of likely N-dealkylation sites (tertiary alicyclic amines) is 1. The first kappa shape index (κ1) is 20.9. The fourth-order valence-corrected chi connectivity index (χ4v) is 4.48. The zero-order valence-electron chi connectivity index (χ0n) is 18.0. The largest absolute Gasteiger partial charge is 0.379 e. The van der Waals surface area contributed by atoms with Gasteiger partial charge in [-0.3, -0.25) is 14.8 Å². The molecule has 2 aliphatic rings. The lowest BCUT2D eigenvalue weighted by atomic mass is 9.90. The molecule has 2 saturated heterocycles. The molecular weight excluding hydrogens is 380 g/mol. The number of carbonyl (C=O) groups excluding carboxylic acids is 1. The number of hydrogen-bond donors (Lipinski definition) is 1. The van der Waals surface area contributed by atoms with Crippen molar-refractivity contribution < 1.29 is 9.53 Å². The Labute approximate surface area is 178 Å². The summed E-state index contributed by atoms with van der Waals surface area (Å²) in [5, 5.41) is 7.52. The van der Waals surface area contributed by atoms with E-state index in [1.165, 1.54) is 0 Å². The molecule has 4 heterocycles. The summed E-state index contributed by atoms with van der Waals surface area (Å²) in [6.07, 6.45) is 7.47. The van der Waals surface area contributed by atoms with E-state index >= 15 is 0 Å². The zero-order valence-corrected chi connectivity index (χ0v) is 18.0. The van der Waals surface area contributed by atoms with Gasteiger partial charge in [-0.05, 0) is 32.3 Å². The van der Waals surface area contributed by atoms with E-state index in [4.69, 9.17) is 9.72 Å². The number of nitrogens with one attached hydrogen (secondary N) is 1. The summed E-state index contributed by atoms with van der Waals surface area (Å²) in [6, 6.07) is 1.88. The Morgan fingerprint density at radius 3 is 2.77 bits per heavy atom. The minimum atomic E-state index is -0.0776. The van der Waals surface area contributed by atoms with Crippen LogP contribution in [0.2, 0.25) is 0 Å². The number of rotatable bonds is 6. The van der Waals surface area contributed by atoms with Crippen LogP contribution in [0.3, 0.4) is 0 Å². The van der Waals surface area contributed by atoms with Gasteiger partial charge in [0, 0.05) is 56.0 Å². The van der Waals surface area contributed by atoms with Crippen molar-refractivity contribution in [2.24, 2.45) is 0 Å². The molecule has 0 unspecified atom stereocenters. The second kappa shape index (κ2) is 9.66. The molecule has 2 aromatic heterocycles.